The second-order valence-corrected chi connectivity index (χ2v) is 5.98. The van der Waals surface area contributed by atoms with E-state index in [9.17, 15) is 9.59 Å². The van der Waals surface area contributed by atoms with Gasteiger partial charge in [0.05, 0.1) is 6.04 Å². The Morgan fingerprint density at radius 3 is 2.48 bits per heavy atom. The predicted octanol–water partition coefficient (Wildman–Crippen LogP) is 2.43. The standard InChI is InChI=1S/C20H19N3O4/c1-14(24)18(11-15-5-3-2-4-6-15)22-19(25)12-26-17-9-7-16(8-10-17)20-23-21-13-27-20/h2-10,13,18H,11-12H2,1H3,(H,22,25)/t18-/m0/s1. The van der Waals surface area contributed by atoms with Gasteiger partial charge in [0.25, 0.3) is 5.91 Å². The molecule has 0 aliphatic rings. The zero-order chi connectivity index (χ0) is 19.1. The van der Waals surface area contributed by atoms with Crippen molar-refractivity contribution < 1.29 is 18.7 Å². The van der Waals surface area contributed by atoms with Crippen LogP contribution in [0, 0.1) is 0 Å². The Balaban J connectivity index is 1.52. The van der Waals surface area contributed by atoms with Gasteiger partial charge in [0.1, 0.15) is 5.75 Å². The highest BCUT2D eigenvalue weighted by atomic mass is 16.5. The van der Waals surface area contributed by atoms with Crippen LogP contribution < -0.4 is 10.1 Å². The monoisotopic (exact) mass is 365 g/mol. The van der Waals surface area contributed by atoms with Gasteiger partial charge in [-0.1, -0.05) is 30.3 Å². The summed E-state index contributed by atoms with van der Waals surface area (Å²) in [6, 6.07) is 15.9. The van der Waals surface area contributed by atoms with Crippen molar-refractivity contribution in [3.8, 4) is 17.2 Å². The SMILES string of the molecule is CC(=O)[C@H](Cc1ccccc1)NC(=O)COc1ccc(-c2nnco2)cc1. The molecule has 0 radical (unpaired) electrons. The second-order valence-electron chi connectivity index (χ2n) is 5.98. The zero-order valence-electron chi connectivity index (χ0n) is 14.8. The van der Waals surface area contributed by atoms with Crippen LogP contribution in [0.1, 0.15) is 12.5 Å². The lowest BCUT2D eigenvalue weighted by molar-refractivity contribution is -0.128. The van der Waals surface area contributed by atoms with Crippen LogP contribution in [0.15, 0.2) is 65.4 Å². The molecule has 0 bridgehead atoms. The number of Topliss-reactive ketones (excluding diaryl/α,β-unsaturated/α-hetero) is 1. The van der Waals surface area contributed by atoms with Gasteiger partial charge in [-0.3, -0.25) is 9.59 Å². The largest absolute Gasteiger partial charge is 0.484 e. The second kappa shape index (κ2) is 8.75. The Kier molecular flexibility index (Phi) is 5.94. The number of nitrogens with zero attached hydrogens (tertiary/aromatic N) is 2. The first-order valence-corrected chi connectivity index (χ1v) is 8.45. The van der Waals surface area contributed by atoms with E-state index < -0.39 is 6.04 Å². The lowest BCUT2D eigenvalue weighted by atomic mass is 10.0. The quantitative estimate of drug-likeness (QED) is 0.659. The summed E-state index contributed by atoms with van der Waals surface area (Å²) in [4.78, 5) is 24.0. The summed E-state index contributed by atoms with van der Waals surface area (Å²) < 4.78 is 10.6. The van der Waals surface area contributed by atoms with Gasteiger partial charge in [0.2, 0.25) is 12.3 Å². The van der Waals surface area contributed by atoms with Crippen LogP contribution in [0.3, 0.4) is 0 Å². The number of ether oxygens (including phenoxy) is 1. The van der Waals surface area contributed by atoms with Crippen molar-refractivity contribution in [3.63, 3.8) is 0 Å². The molecule has 0 fully saturated rings. The Labute approximate surface area is 156 Å². The third-order valence-electron chi connectivity index (χ3n) is 3.94. The molecule has 1 atom stereocenters. The number of carbonyl (C=O) groups is 2. The Morgan fingerprint density at radius 1 is 1.11 bits per heavy atom. The van der Waals surface area contributed by atoms with Crippen molar-refractivity contribution in [2.24, 2.45) is 0 Å². The minimum Gasteiger partial charge on any atom is -0.484 e. The average Bonchev–Trinajstić information content (AvgIpc) is 3.22. The average molecular weight is 365 g/mol. The van der Waals surface area contributed by atoms with Crippen LogP contribution in [0.2, 0.25) is 0 Å². The number of nitrogens with one attached hydrogen (secondary N) is 1. The van der Waals surface area contributed by atoms with Gasteiger partial charge in [-0.2, -0.15) is 0 Å². The van der Waals surface area contributed by atoms with Gasteiger partial charge in [0.15, 0.2) is 12.4 Å². The summed E-state index contributed by atoms with van der Waals surface area (Å²) in [6.07, 6.45) is 1.70. The maximum atomic E-state index is 12.2. The van der Waals surface area contributed by atoms with Crippen molar-refractivity contribution in [2.45, 2.75) is 19.4 Å². The molecule has 7 nitrogen and oxygen atoms in total. The van der Waals surface area contributed by atoms with Gasteiger partial charge >= 0.3 is 0 Å². The molecule has 0 spiro atoms. The van der Waals surface area contributed by atoms with Gasteiger partial charge in [0, 0.05) is 5.56 Å². The van der Waals surface area contributed by atoms with E-state index in [4.69, 9.17) is 9.15 Å². The van der Waals surface area contributed by atoms with Crippen molar-refractivity contribution in [1.29, 1.82) is 0 Å². The molecule has 0 saturated heterocycles. The van der Waals surface area contributed by atoms with Gasteiger partial charge in [-0.25, -0.2) is 0 Å². The topological polar surface area (TPSA) is 94.3 Å². The van der Waals surface area contributed by atoms with E-state index in [1.165, 1.54) is 13.3 Å². The zero-order valence-corrected chi connectivity index (χ0v) is 14.8. The summed E-state index contributed by atoms with van der Waals surface area (Å²) in [5, 5.41) is 10.2. The van der Waals surface area contributed by atoms with Crippen LogP contribution in [0.25, 0.3) is 11.5 Å². The molecule has 3 aromatic rings. The van der Waals surface area contributed by atoms with E-state index in [0.717, 1.165) is 11.1 Å². The smallest absolute Gasteiger partial charge is 0.258 e. The number of hydrogen-bond acceptors (Lipinski definition) is 6. The summed E-state index contributed by atoms with van der Waals surface area (Å²) in [6.45, 7) is 1.28. The van der Waals surface area contributed by atoms with E-state index in [2.05, 4.69) is 15.5 Å². The maximum Gasteiger partial charge on any atom is 0.258 e. The summed E-state index contributed by atoms with van der Waals surface area (Å²) in [7, 11) is 0. The molecular weight excluding hydrogens is 346 g/mol. The van der Waals surface area contributed by atoms with Gasteiger partial charge in [-0.15, -0.1) is 10.2 Å². The van der Waals surface area contributed by atoms with E-state index in [0.29, 0.717) is 18.1 Å². The highest BCUT2D eigenvalue weighted by Crippen LogP contribution is 2.20. The minimum atomic E-state index is -0.580. The number of hydrogen-bond donors (Lipinski definition) is 1. The van der Waals surface area contributed by atoms with Crippen LogP contribution in [0.5, 0.6) is 5.75 Å². The number of carbonyl (C=O) groups excluding carboxylic acids is 2. The number of amides is 1. The molecule has 0 unspecified atom stereocenters. The van der Waals surface area contributed by atoms with E-state index >= 15 is 0 Å². The highest BCUT2D eigenvalue weighted by molar-refractivity contribution is 5.88. The molecule has 2 aromatic carbocycles. The molecule has 0 aliphatic carbocycles. The molecular formula is C20H19N3O4. The Morgan fingerprint density at radius 2 is 1.85 bits per heavy atom. The van der Waals surface area contributed by atoms with Crippen molar-refractivity contribution >= 4 is 11.7 Å². The molecule has 0 saturated carbocycles. The van der Waals surface area contributed by atoms with Crippen LogP contribution in [-0.2, 0) is 16.0 Å². The molecule has 1 amide bonds. The summed E-state index contributed by atoms with van der Waals surface area (Å²) >= 11 is 0. The lowest BCUT2D eigenvalue weighted by Crippen LogP contribution is -2.43. The molecule has 138 valence electrons. The minimum absolute atomic E-state index is 0.101. The fourth-order valence-corrected chi connectivity index (χ4v) is 2.52. The van der Waals surface area contributed by atoms with Crippen molar-refractivity contribution in [1.82, 2.24) is 15.5 Å². The first-order chi connectivity index (χ1) is 13.1. The molecule has 7 heteroatoms. The van der Waals surface area contributed by atoms with Crippen molar-refractivity contribution in [2.75, 3.05) is 6.61 Å². The van der Waals surface area contributed by atoms with Crippen LogP contribution in [0.4, 0.5) is 0 Å². The highest BCUT2D eigenvalue weighted by Gasteiger charge is 2.18. The van der Waals surface area contributed by atoms with Crippen molar-refractivity contribution in [3.05, 3.63) is 66.6 Å². The summed E-state index contributed by atoms with van der Waals surface area (Å²) in [5.41, 5.74) is 1.74. The number of rotatable bonds is 8. The molecule has 0 aliphatic heterocycles. The molecule has 1 N–H and O–H groups in total. The van der Waals surface area contributed by atoms with Crippen LogP contribution in [-0.4, -0.2) is 34.5 Å². The first-order valence-electron chi connectivity index (χ1n) is 8.45. The fraction of sp³-hybridized carbons (Fsp3) is 0.200. The molecule has 27 heavy (non-hydrogen) atoms. The number of ketones is 1. The van der Waals surface area contributed by atoms with E-state index in [1.54, 1.807) is 24.3 Å². The molecule has 1 heterocycles. The van der Waals surface area contributed by atoms with E-state index in [1.807, 2.05) is 30.3 Å². The number of benzene rings is 2. The lowest BCUT2D eigenvalue weighted by Gasteiger charge is -2.16. The third-order valence-corrected chi connectivity index (χ3v) is 3.94. The predicted molar refractivity (Wildman–Crippen MR) is 98.0 cm³/mol. The summed E-state index contributed by atoms with van der Waals surface area (Å²) in [5.74, 6) is 0.476. The van der Waals surface area contributed by atoms with Gasteiger partial charge < -0.3 is 14.5 Å². The Bertz CT molecular complexity index is 877. The molecule has 3 rings (SSSR count). The van der Waals surface area contributed by atoms with E-state index in [-0.39, 0.29) is 18.3 Å². The maximum absolute atomic E-state index is 12.2. The third kappa shape index (κ3) is 5.24. The Hall–Kier alpha value is -3.48. The van der Waals surface area contributed by atoms with Crippen LogP contribution >= 0.6 is 0 Å². The number of aromatic nitrogens is 2. The van der Waals surface area contributed by atoms with Gasteiger partial charge in [-0.05, 0) is 43.2 Å². The fourth-order valence-electron chi connectivity index (χ4n) is 2.52. The first kappa shape index (κ1) is 18.3. The normalized spacial score (nSPS) is 11.6. The molecule has 1 aromatic heterocycles.